The normalized spacial score (nSPS) is 10.4. The summed E-state index contributed by atoms with van der Waals surface area (Å²) in [6.07, 6.45) is 0. The van der Waals surface area contributed by atoms with E-state index in [1.807, 2.05) is 11.4 Å². The minimum Gasteiger partial charge on any atom is -0.478 e. The molecule has 0 saturated heterocycles. The van der Waals surface area contributed by atoms with Crippen molar-refractivity contribution < 1.29 is 9.90 Å². The first kappa shape index (κ1) is 12.7. The topological polar surface area (TPSA) is 37.3 Å². The van der Waals surface area contributed by atoms with E-state index in [1.165, 1.54) is 5.56 Å². The number of hydrogen-bond donors (Lipinski definition) is 1. The molecule has 2 rings (SSSR count). The van der Waals surface area contributed by atoms with E-state index in [0.29, 0.717) is 10.0 Å². The lowest BCUT2D eigenvalue weighted by atomic mass is 10.2. The van der Waals surface area contributed by atoms with Crippen molar-refractivity contribution >= 4 is 45.0 Å². The highest BCUT2D eigenvalue weighted by atomic mass is 79.9. The van der Waals surface area contributed by atoms with Crippen LogP contribution in [0.4, 0.5) is 0 Å². The van der Waals surface area contributed by atoms with E-state index in [2.05, 4.69) is 27.4 Å². The minimum atomic E-state index is -0.908. The number of thioether (sulfide) groups is 1. The van der Waals surface area contributed by atoms with Crippen molar-refractivity contribution in [3.8, 4) is 0 Å². The fourth-order valence-electron chi connectivity index (χ4n) is 1.30. The minimum absolute atomic E-state index is 0.306. The smallest absolute Gasteiger partial charge is 0.336 e. The Balaban J connectivity index is 2.11. The number of thiophene rings is 1. The van der Waals surface area contributed by atoms with Gasteiger partial charge in [-0.2, -0.15) is 11.3 Å². The Bertz CT molecular complexity index is 523. The molecule has 1 aromatic carbocycles. The largest absolute Gasteiger partial charge is 0.478 e. The Morgan fingerprint density at radius 1 is 1.41 bits per heavy atom. The lowest BCUT2D eigenvalue weighted by molar-refractivity contribution is 0.0695. The molecule has 5 heteroatoms. The van der Waals surface area contributed by atoms with Gasteiger partial charge in [0.1, 0.15) is 0 Å². The van der Waals surface area contributed by atoms with Gasteiger partial charge < -0.3 is 5.11 Å². The number of carboxylic acid groups (broad SMARTS) is 1. The highest BCUT2D eigenvalue weighted by Gasteiger charge is 2.09. The SMILES string of the molecule is O=C(O)c1cc(SCc2ccsc2)ccc1Br. The zero-order valence-electron chi connectivity index (χ0n) is 8.72. The molecule has 0 amide bonds. The molecule has 0 aliphatic carbocycles. The van der Waals surface area contributed by atoms with E-state index in [9.17, 15) is 4.79 Å². The third-order valence-electron chi connectivity index (χ3n) is 2.15. The van der Waals surface area contributed by atoms with Crippen molar-refractivity contribution in [2.45, 2.75) is 10.6 Å². The van der Waals surface area contributed by atoms with Crippen LogP contribution in [-0.2, 0) is 5.75 Å². The summed E-state index contributed by atoms with van der Waals surface area (Å²) in [5, 5.41) is 13.1. The highest BCUT2D eigenvalue weighted by Crippen LogP contribution is 2.27. The van der Waals surface area contributed by atoms with E-state index in [-0.39, 0.29) is 0 Å². The third kappa shape index (κ3) is 3.34. The molecule has 0 unspecified atom stereocenters. The van der Waals surface area contributed by atoms with Gasteiger partial charge in [-0.05, 0) is 56.5 Å². The lowest BCUT2D eigenvalue weighted by Gasteiger charge is -2.03. The number of carboxylic acids is 1. The molecular formula is C12H9BrO2S2. The molecule has 2 aromatic rings. The first-order valence-corrected chi connectivity index (χ1v) is 7.55. The van der Waals surface area contributed by atoms with Gasteiger partial charge in [0.25, 0.3) is 0 Å². The van der Waals surface area contributed by atoms with Gasteiger partial charge in [-0.1, -0.05) is 0 Å². The van der Waals surface area contributed by atoms with Crippen LogP contribution in [0.3, 0.4) is 0 Å². The molecule has 0 spiro atoms. The maximum Gasteiger partial charge on any atom is 0.336 e. The fourth-order valence-corrected chi connectivity index (χ4v) is 3.37. The summed E-state index contributed by atoms with van der Waals surface area (Å²) in [4.78, 5) is 11.9. The molecule has 0 aliphatic heterocycles. The summed E-state index contributed by atoms with van der Waals surface area (Å²) in [5.74, 6) is -0.0423. The van der Waals surface area contributed by atoms with Crippen LogP contribution in [0.25, 0.3) is 0 Å². The molecule has 88 valence electrons. The molecule has 0 atom stereocenters. The van der Waals surface area contributed by atoms with Crippen molar-refractivity contribution in [2.75, 3.05) is 0 Å². The zero-order chi connectivity index (χ0) is 12.3. The molecule has 1 N–H and O–H groups in total. The van der Waals surface area contributed by atoms with Crippen LogP contribution < -0.4 is 0 Å². The average Bonchev–Trinajstić information content (AvgIpc) is 2.80. The monoisotopic (exact) mass is 328 g/mol. The molecule has 1 heterocycles. The molecule has 0 fully saturated rings. The van der Waals surface area contributed by atoms with Gasteiger partial charge in [0.15, 0.2) is 0 Å². The molecule has 17 heavy (non-hydrogen) atoms. The lowest BCUT2D eigenvalue weighted by Crippen LogP contribution is -1.97. The number of carbonyl (C=O) groups is 1. The van der Waals surface area contributed by atoms with Crippen molar-refractivity contribution in [1.82, 2.24) is 0 Å². The second-order valence-corrected chi connectivity index (χ2v) is 6.05. The predicted molar refractivity (Wildman–Crippen MR) is 75.0 cm³/mol. The Kier molecular flexibility index (Phi) is 4.25. The van der Waals surface area contributed by atoms with Crippen LogP contribution in [0, 0.1) is 0 Å². The first-order chi connectivity index (χ1) is 8.16. The molecular weight excluding hydrogens is 320 g/mol. The number of aromatic carboxylic acids is 1. The standard InChI is InChI=1S/C12H9BrO2S2/c13-11-2-1-9(5-10(11)12(14)15)17-7-8-3-4-16-6-8/h1-6H,7H2,(H,14,15). The number of benzene rings is 1. The average molecular weight is 329 g/mol. The quantitative estimate of drug-likeness (QED) is 0.839. The molecule has 0 saturated carbocycles. The second kappa shape index (κ2) is 5.71. The van der Waals surface area contributed by atoms with E-state index in [1.54, 1.807) is 35.2 Å². The van der Waals surface area contributed by atoms with E-state index >= 15 is 0 Å². The van der Waals surface area contributed by atoms with Crippen LogP contribution in [0.1, 0.15) is 15.9 Å². The molecule has 1 aromatic heterocycles. The second-order valence-electron chi connectivity index (χ2n) is 3.37. The van der Waals surface area contributed by atoms with Gasteiger partial charge in [0.2, 0.25) is 0 Å². The van der Waals surface area contributed by atoms with Gasteiger partial charge in [0, 0.05) is 15.1 Å². The van der Waals surface area contributed by atoms with Crippen LogP contribution in [0.2, 0.25) is 0 Å². The van der Waals surface area contributed by atoms with Crippen LogP contribution in [-0.4, -0.2) is 11.1 Å². The summed E-state index contributed by atoms with van der Waals surface area (Å²) in [7, 11) is 0. The van der Waals surface area contributed by atoms with Crippen LogP contribution in [0.5, 0.6) is 0 Å². The Morgan fingerprint density at radius 3 is 2.88 bits per heavy atom. The predicted octanol–water partition coefficient (Wildman–Crippen LogP) is 4.50. The molecule has 2 nitrogen and oxygen atoms in total. The van der Waals surface area contributed by atoms with Crippen molar-refractivity contribution in [3.05, 3.63) is 50.6 Å². The number of hydrogen-bond acceptors (Lipinski definition) is 3. The van der Waals surface area contributed by atoms with Gasteiger partial charge >= 0.3 is 5.97 Å². The van der Waals surface area contributed by atoms with Crippen LogP contribution in [0.15, 0.2) is 44.4 Å². The highest BCUT2D eigenvalue weighted by molar-refractivity contribution is 9.10. The molecule has 0 radical (unpaired) electrons. The Labute approximate surface area is 116 Å². The summed E-state index contributed by atoms with van der Waals surface area (Å²) in [6, 6.07) is 7.48. The van der Waals surface area contributed by atoms with Crippen molar-refractivity contribution in [1.29, 1.82) is 0 Å². The zero-order valence-corrected chi connectivity index (χ0v) is 11.9. The van der Waals surface area contributed by atoms with Crippen molar-refractivity contribution in [2.24, 2.45) is 0 Å². The van der Waals surface area contributed by atoms with E-state index < -0.39 is 5.97 Å². The van der Waals surface area contributed by atoms with Crippen molar-refractivity contribution in [3.63, 3.8) is 0 Å². The summed E-state index contributed by atoms with van der Waals surface area (Å²) in [6.45, 7) is 0. The molecule has 0 bridgehead atoms. The van der Waals surface area contributed by atoms with Gasteiger partial charge in [-0.15, -0.1) is 11.8 Å². The Hall–Kier alpha value is -0.780. The van der Waals surface area contributed by atoms with Gasteiger partial charge in [-0.3, -0.25) is 0 Å². The fraction of sp³-hybridized carbons (Fsp3) is 0.0833. The summed E-state index contributed by atoms with van der Waals surface area (Å²) in [5.41, 5.74) is 1.57. The maximum absolute atomic E-state index is 11.0. The Morgan fingerprint density at radius 2 is 2.24 bits per heavy atom. The molecule has 0 aliphatic rings. The van der Waals surface area contributed by atoms with Crippen LogP contribution >= 0.6 is 39.0 Å². The number of rotatable bonds is 4. The van der Waals surface area contributed by atoms with E-state index in [4.69, 9.17) is 5.11 Å². The van der Waals surface area contributed by atoms with E-state index in [0.717, 1.165) is 10.6 Å². The third-order valence-corrected chi connectivity index (χ3v) is 4.64. The number of halogens is 1. The summed E-state index contributed by atoms with van der Waals surface area (Å²) >= 11 is 6.54. The van der Waals surface area contributed by atoms with Gasteiger partial charge in [0.05, 0.1) is 5.56 Å². The van der Waals surface area contributed by atoms with Gasteiger partial charge in [-0.25, -0.2) is 4.79 Å². The maximum atomic E-state index is 11.0. The summed E-state index contributed by atoms with van der Waals surface area (Å²) < 4.78 is 0.616. The first-order valence-electron chi connectivity index (χ1n) is 4.83.